The lowest BCUT2D eigenvalue weighted by Gasteiger charge is -2.30. The van der Waals surface area contributed by atoms with Crippen LogP contribution in [0.3, 0.4) is 0 Å². The summed E-state index contributed by atoms with van der Waals surface area (Å²) in [7, 11) is 1.56. The summed E-state index contributed by atoms with van der Waals surface area (Å²) in [4.78, 5) is 44.7. The monoisotopic (exact) mass is 529 g/mol. The predicted octanol–water partition coefficient (Wildman–Crippen LogP) is 4.10. The Labute approximate surface area is 221 Å². The van der Waals surface area contributed by atoms with Gasteiger partial charge in [-0.05, 0) is 64.2 Å². The number of ether oxygens (including phenoxy) is 1. The first-order valence-corrected chi connectivity index (χ1v) is 12.6. The minimum atomic E-state index is -0.771. The van der Waals surface area contributed by atoms with Gasteiger partial charge in [0.15, 0.2) is 5.69 Å². The van der Waals surface area contributed by atoms with Crippen LogP contribution >= 0.6 is 0 Å². The van der Waals surface area contributed by atoms with E-state index in [1.807, 2.05) is 0 Å². The number of benzene rings is 1. The molecule has 1 unspecified atom stereocenters. The van der Waals surface area contributed by atoms with Gasteiger partial charge >= 0.3 is 6.09 Å². The molecule has 0 saturated heterocycles. The summed E-state index contributed by atoms with van der Waals surface area (Å²) in [6.45, 7) is 9.75. The van der Waals surface area contributed by atoms with E-state index in [1.165, 1.54) is 27.7 Å². The average molecular weight is 530 g/mol. The lowest BCUT2D eigenvalue weighted by atomic mass is 10.1. The molecule has 1 atom stereocenters. The van der Waals surface area contributed by atoms with Crippen molar-refractivity contribution in [3.05, 3.63) is 64.1 Å². The Morgan fingerprint density at radius 1 is 1.34 bits per heavy atom. The van der Waals surface area contributed by atoms with E-state index in [9.17, 15) is 23.9 Å². The van der Waals surface area contributed by atoms with E-state index in [-0.39, 0.29) is 12.4 Å². The van der Waals surface area contributed by atoms with Crippen molar-refractivity contribution in [1.29, 1.82) is 0 Å². The van der Waals surface area contributed by atoms with Gasteiger partial charge < -0.3 is 25.4 Å². The maximum Gasteiger partial charge on any atom is 0.410 e. The number of fused-ring (bicyclic) bond motifs is 1. The SMILES string of the molecule is C=CCCNc1cc(F)ccc1CNC(=O)c1nc2n(c(=O)c1O)CCCCC2N(C)C(=O)OC(C)(C)C. The molecule has 1 aliphatic rings. The second-order valence-electron chi connectivity index (χ2n) is 10.2. The second-order valence-corrected chi connectivity index (χ2v) is 10.2. The van der Waals surface area contributed by atoms with Crippen LogP contribution in [0.25, 0.3) is 0 Å². The lowest BCUT2D eigenvalue weighted by Crippen LogP contribution is -2.39. The topological polar surface area (TPSA) is 126 Å². The second kappa shape index (κ2) is 12.1. The molecule has 2 amide bonds. The maximum atomic E-state index is 13.8. The Morgan fingerprint density at radius 3 is 2.76 bits per heavy atom. The van der Waals surface area contributed by atoms with Gasteiger partial charge in [0.1, 0.15) is 17.2 Å². The normalized spacial score (nSPS) is 15.1. The van der Waals surface area contributed by atoms with Crippen LogP contribution < -0.4 is 16.2 Å². The molecule has 0 bridgehead atoms. The van der Waals surface area contributed by atoms with Crippen LogP contribution in [0.5, 0.6) is 5.75 Å². The highest BCUT2D eigenvalue weighted by Crippen LogP contribution is 2.29. The van der Waals surface area contributed by atoms with Gasteiger partial charge in [-0.15, -0.1) is 6.58 Å². The highest BCUT2D eigenvalue weighted by molar-refractivity contribution is 5.94. The molecule has 1 aromatic heterocycles. The molecule has 1 aromatic carbocycles. The fraction of sp³-hybridized carbons (Fsp3) is 0.481. The van der Waals surface area contributed by atoms with Gasteiger partial charge in [-0.1, -0.05) is 12.1 Å². The zero-order valence-corrected chi connectivity index (χ0v) is 22.3. The number of rotatable bonds is 8. The quantitative estimate of drug-likeness (QED) is 0.347. The average Bonchev–Trinajstić information content (AvgIpc) is 3.06. The summed E-state index contributed by atoms with van der Waals surface area (Å²) in [6, 6.07) is 3.51. The summed E-state index contributed by atoms with van der Waals surface area (Å²) in [6.07, 6.45) is 3.66. The third kappa shape index (κ3) is 6.90. The summed E-state index contributed by atoms with van der Waals surface area (Å²) in [5, 5.41) is 16.4. The number of amides is 2. The van der Waals surface area contributed by atoms with E-state index in [0.717, 1.165) is 0 Å². The molecule has 0 spiro atoms. The number of anilines is 1. The van der Waals surface area contributed by atoms with Crippen molar-refractivity contribution in [2.45, 2.75) is 71.2 Å². The molecule has 3 rings (SSSR count). The van der Waals surface area contributed by atoms with Crippen LogP contribution in [0.15, 0.2) is 35.6 Å². The van der Waals surface area contributed by atoms with Gasteiger partial charge in [-0.2, -0.15) is 0 Å². The number of halogens is 1. The molecule has 0 fully saturated rings. The highest BCUT2D eigenvalue weighted by Gasteiger charge is 2.33. The Bertz CT molecular complexity index is 1250. The number of carbonyl (C=O) groups is 2. The van der Waals surface area contributed by atoms with Crippen molar-refractivity contribution in [2.75, 3.05) is 18.9 Å². The number of carbonyl (C=O) groups excluding carboxylic acids is 2. The van der Waals surface area contributed by atoms with Crippen molar-refractivity contribution in [3.63, 3.8) is 0 Å². The van der Waals surface area contributed by atoms with Crippen molar-refractivity contribution in [2.24, 2.45) is 0 Å². The van der Waals surface area contributed by atoms with Crippen molar-refractivity contribution in [3.8, 4) is 5.75 Å². The fourth-order valence-electron chi connectivity index (χ4n) is 4.19. The fourth-order valence-corrected chi connectivity index (χ4v) is 4.19. The Kier molecular flexibility index (Phi) is 9.13. The number of aromatic hydroxyl groups is 1. The first-order valence-electron chi connectivity index (χ1n) is 12.6. The molecule has 0 aliphatic carbocycles. The minimum absolute atomic E-state index is 0.00366. The molecule has 38 heavy (non-hydrogen) atoms. The van der Waals surface area contributed by atoms with Crippen LogP contribution in [0.1, 0.15) is 74.4 Å². The molecular weight excluding hydrogens is 493 g/mol. The lowest BCUT2D eigenvalue weighted by molar-refractivity contribution is 0.0202. The molecule has 2 aromatic rings. The Balaban J connectivity index is 1.89. The number of hydrogen-bond donors (Lipinski definition) is 3. The van der Waals surface area contributed by atoms with Crippen molar-refractivity contribution in [1.82, 2.24) is 19.8 Å². The van der Waals surface area contributed by atoms with Crippen molar-refractivity contribution >= 4 is 17.7 Å². The summed E-state index contributed by atoms with van der Waals surface area (Å²) in [5.74, 6) is -1.76. The zero-order valence-electron chi connectivity index (χ0n) is 22.3. The molecule has 10 nitrogen and oxygen atoms in total. The van der Waals surface area contributed by atoms with Gasteiger partial charge in [-0.25, -0.2) is 14.2 Å². The van der Waals surface area contributed by atoms with Crippen LogP contribution in [-0.2, 0) is 17.8 Å². The summed E-state index contributed by atoms with van der Waals surface area (Å²) >= 11 is 0. The van der Waals surface area contributed by atoms with Gasteiger partial charge in [-0.3, -0.25) is 14.2 Å². The Morgan fingerprint density at radius 2 is 2.08 bits per heavy atom. The number of aromatic nitrogens is 2. The molecule has 0 radical (unpaired) electrons. The first kappa shape index (κ1) is 28.7. The number of nitrogens with one attached hydrogen (secondary N) is 2. The smallest absolute Gasteiger partial charge is 0.410 e. The molecular formula is C27H36FN5O5. The minimum Gasteiger partial charge on any atom is -0.501 e. The van der Waals surface area contributed by atoms with Crippen LogP contribution in [0.4, 0.5) is 14.9 Å². The van der Waals surface area contributed by atoms with E-state index < -0.39 is 46.5 Å². The van der Waals surface area contributed by atoms with Gasteiger partial charge in [0.25, 0.3) is 11.5 Å². The van der Waals surface area contributed by atoms with E-state index in [0.29, 0.717) is 50.0 Å². The first-order chi connectivity index (χ1) is 17.9. The molecule has 0 saturated carbocycles. The zero-order chi connectivity index (χ0) is 28.0. The third-order valence-corrected chi connectivity index (χ3v) is 6.12. The standard InChI is InChI=1S/C27H36FN5O5/c1-6-7-13-29-19-15-18(28)12-11-17(19)16-30-24(35)21-22(34)25(36)33-14-9-8-10-20(23(33)31-21)32(5)26(37)38-27(2,3)4/h6,11-12,15,20,29,34H,1,7-10,13-14,16H2,2-5H3,(H,30,35). The maximum absolute atomic E-state index is 13.8. The van der Waals surface area contributed by atoms with Crippen molar-refractivity contribution < 1.29 is 23.8 Å². The number of hydrogen-bond acceptors (Lipinski definition) is 7. The summed E-state index contributed by atoms with van der Waals surface area (Å²) in [5.41, 5.74) is -0.793. The van der Waals surface area contributed by atoms with E-state index in [2.05, 4.69) is 22.2 Å². The van der Waals surface area contributed by atoms with Gasteiger partial charge in [0, 0.05) is 32.4 Å². The summed E-state index contributed by atoms with van der Waals surface area (Å²) < 4.78 is 20.6. The van der Waals surface area contributed by atoms with E-state index in [1.54, 1.807) is 33.9 Å². The van der Waals surface area contributed by atoms with Crippen LogP contribution in [0.2, 0.25) is 0 Å². The molecule has 3 N–H and O–H groups in total. The van der Waals surface area contributed by atoms with E-state index in [4.69, 9.17) is 4.74 Å². The molecule has 206 valence electrons. The highest BCUT2D eigenvalue weighted by atomic mass is 19.1. The van der Waals surface area contributed by atoms with Gasteiger partial charge in [0.2, 0.25) is 5.75 Å². The number of nitrogens with zero attached hydrogens (tertiary/aromatic N) is 3. The Hall–Kier alpha value is -3.89. The molecule has 2 heterocycles. The third-order valence-electron chi connectivity index (χ3n) is 6.12. The van der Waals surface area contributed by atoms with Crippen LogP contribution in [0, 0.1) is 5.82 Å². The molecule has 1 aliphatic heterocycles. The van der Waals surface area contributed by atoms with Crippen LogP contribution in [-0.4, -0.2) is 50.8 Å². The predicted molar refractivity (Wildman–Crippen MR) is 142 cm³/mol. The molecule has 11 heteroatoms. The van der Waals surface area contributed by atoms with E-state index >= 15 is 0 Å². The largest absolute Gasteiger partial charge is 0.501 e. The van der Waals surface area contributed by atoms with Gasteiger partial charge in [0.05, 0.1) is 6.04 Å².